The molecule has 35 heavy (non-hydrogen) atoms. The molecule has 1 fully saturated rings. The lowest BCUT2D eigenvalue weighted by atomic mass is 9.94. The summed E-state index contributed by atoms with van der Waals surface area (Å²) in [4.78, 5) is 32.0. The molecule has 1 N–H and O–H groups in total. The second kappa shape index (κ2) is 10.3. The predicted molar refractivity (Wildman–Crippen MR) is 128 cm³/mol. The molecule has 4 rings (SSSR count). The first-order valence-corrected chi connectivity index (χ1v) is 11.1. The minimum Gasteiger partial charge on any atom is -0.507 e. The number of aromatic nitrogens is 2. The van der Waals surface area contributed by atoms with E-state index in [2.05, 4.69) is 4.98 Å². The number of nitrogens with zero attached hydrogens (tertiary/aromatic N) is 3. The largest absolute Gasteiger partial charge is 0.507 e. The Labute approximate surface area is 203 Å². The van der Waals surface area contributed by atoms with Gasteiger partial charge < -0.3 is 28.8 Å². The monoisotopic (exact) mass is 477 g/mol. The van der Waals surface area contributed by atoms with Crippen LogP contribution in [0.1, 0.15) is 23.6 Å². The topological polar surface area (TPSA) is 103 Å². The third-order valence-corrected chi connectivity index (χ3v) is 6.01. The van der Waals surface area contributed by atoms with Crippen LogP contribution in [0.5, 0.6) is 17.2 Å². The van der Waals surface area contributed by atoms with E-state index in [1.54, 1.807) is 62.1 Å². The average molecular weight is 478 g/mol. The van der Waals surface area contributed by atoms with Crippen molar-refractivity contribution in [2.24, 2.45) is 0 Å². The molecule has 2 aromatic carbocycles. The predicted octanol–water partition coefficient (Wildman–Crippen LogP) is 3.42. The summed E-state index contributed by atoms with van der Waals surface area (Å²) in [7, 11) is 4.55. The molecule has 0 radical (unpaired) electrons. The lowest BCUT2D eigenvalue weighted by Gasteiger charge is -2.27. The van der Waals surface area contributed by atoms with Crippen LogP contribution in [0.15, 0.2) is 66.8 Å². The Morgan fingerprint density at radius 1 is 1.00 bits per heavy atom. The Bertz CT molecular complexity index is 1230. The van der Waals surface area contributed by atoms with E-state index in [4.69, 9.17) is 14.2 Å². The standard InChI is InChI=1S/C26H27N3O6/c1-33-18-10-8-17(9-11-18)23(30)21-22(19-6-4-7-20(34-2)25(19)35-3)29(26(32)24(21)31)14-5-13-28-15-12-27-16-28/h4,6-12,15-16,22,30H,5,13-14H2,1-3H3/t22-/m1/s1. The summed E-state index contributed by atoms with van der Waals surface area (Å²) in [6.07, 6.45) is 5.79. The quantitative estimate of drug-likeness (QED) is 0.286. The molecule has 1 aliphatic rings. The number of imidazole rings is 1. The van der Waals surface area contributed by atoms with Gasteiger partial charge in [-0.25, -0.2) is 4.98 Å². The molecule has 182 valence electrons. The summed E-state index contributed by atoms with van der Waals surface area (Å²) in [5, 5.41) is 11.2. The minimum absolute atomic E-state index is 0.00523. The molecule has 0 saturated carbocycles. The normalized spacial score (nSPS) is 17.0. The van der Waals surface area contributed by atoms with E-state index >= 15 is 0 Å². The van der Waals surface area contributed by atoms with E-state index in [0.717, 1.165) is 0 Å². The van der Waals surface area contributed by atoms with Gasteiger partial charge in [0.25, 0.3) is 11.7 Å². The first-order valence-electron chi connectivity index (χ1n) is 11.1. The SMILES string of the molecule is COc1ccc(C(O)=C2C(=O)C(=O)N(CCCn3ccnc3)[C@@H]2c2cccc(OC)c2OC)cc1. The number of amides is 1. The van der Waals surface area contributed by atoms with Gasteiger partial charge in [-0.1, -0.05) is 12.1 Å². The van der Waals surface area contributed by atoms with Gasteiger partial charge in [0.15, 0.2) is 11.5 Å². The fraction of sp³-hybridized carbons (Fsp3) is 0.269. The highest BCUT2D eigenvalue weighted by molar-refractivity contribution is 6.46. The number of Topliss-reactive ketones (excluding diaryl/α,β-unsaturated/α-hetero) is 1. The van der Waals surface area contributed by atoms with Gasteiger partial charge in [0.1, 0.15) is 11.5 Å². The molecule has 1 saturated heterocycles. The zero-order valence-electron chi connectivity index (χ0n) is 19.8. The molecule has 9 nitrogen and oxygen atoms in total. The van der Waals surface area contributed by atoms with E-state index in [0.29, 0.717) is 41.3 Å². The number of aryl methyl sites for hydroxylation is 1. The zero-order chi connectivity index (χ0) is 24.9. The van der Waals surface area contributed by atoms with Crippen molar-refractivity contribution in [1.29, 1.82) is 0 Å². The van der Waals surface area contributed by atoms with Crippen LogP contribution in [0.2, 0.25) is 0 Å². The van der Waals surface area contributed by atoms with E-state index in [1.165, 1.54) is 19.1 Å². The van der Waals surface area contributed by atoms with E-state index in [-0.39, 0.29) is 17.9 Å². The van der Waals surface area contributed by atoms with Crippen molar-refractivity contribution in [2.45, 2.75) is 19.0 Å². The van der Waals surface area contributed by atoms with E-state index in [1.807, 2.05) is 10.8 Å². The number of methoxy groups -OCH3 is 3. The van der Waals surface area contributed by atoms with Crippen LogP contribution in [-0.4, -0.2) is 59.1 Å². The summed E-state index contributed by atoms with van der Waals surface area (Å²) in [5.41, 5.74) is 0.937. The van der Waals surface area contributed by atoms with Gasteiger partial charge in [0.05, 0.1) is 39.3 Å². The molecule has 0 bridgehead atoms. The van der Waals surface area contributed by atoms with Gasteiger partial charge in [-0.3, -0.25) is 9.59 Å². The van der Waals surface area contributed by atoms with E-state index in [9.17, 15) is 14.7 Å². The number of carbonyl (C=O) groups excluding carboxylic acids is 2. The van der Waals surface area contributed by atoms with Gasteiger partial charge in [-0.15, -0.1) is 0 Å². The van der Waals surface area contributed by atoms with E-state index < -0.39 is 17.7 Å². The molecule has 0 aliphatic carbocycles. The summed E-state index contributed by atoms with van der Waals surface area (Å²) in [6, 6.07) is 11.0. The number of aliphatic hydroxyl groups is 1. The average Bonchev–Trinajstić information content (AvgIpc) is 3.50. The minimum atomic E-state index is -0.857. The van der Waals surface area contributed by atoms with Gasteiger partial charge in [0.2, 0.25) is 0 Å². The molecule has 1 aliphatic heterocycles. The van der Waals surface area contributed by atoms with Crippen LogP contribution in [0.4, 0.5) is 0 Å². The summed E-state index contributed by atoms with van der Waals surface area (Å²) in [5.74, 6) is -0.248. The third-order valence-electron chi connectivity index (χ3n) is 6.01. The maximum atomic E-state index is 13.3. The van der Waals surface area contributed by atoms with Crippen LogP contribution < -0.4 is 14.2 Å². The number of benzene rings is 2. The Kier molecular flexibility index (Phi) is 7.05. The number of hydrogen-bond donors (Lipinski definition) is 1. The van der Waals surface area contributed by atoms with Crippen molar-refractivity contribution in [3.8, 4) is 17.2 Å². The smallest absolute Gasteiger partial charge is 0.295 e. The summed E-state index contributed by atoms with van der Waals surface area (Å²) in [6.45, 7) is 0.899. The lowest BCUT2D eigenvalue weighted by Crippen LogP contribution is -2.31. The van der Waals surface area contributed by atoms with Crippen LogP contribution in [-0.2, 0) is 16.1 Å². The molecule has 9 heteroatoms. The number of rotatable bonds is 9. The lowest BCUT2D eigenvalue weighted by molar-refractivity contribution is -0.140. The Hall–Kier alpha value is -4.27. The van der Waals surface area contributed by atoms with Crippen LogP contribution in [0.3, 0.4) is 0 Å². The Morgan fingerprint density at radius 2 is 1.77 bits per heavy atom. The number of likely N-dealkylation sites (tertiary alicyclic amines) is 1. The van der Waals surface area contributed by atoms with Crippen molar-refractivity contribution >= 4 is 17.4 Å². The fourth-order valence-electron chi connectivity index (χ4n) is 4.31. The maximum Gasteiger partial charge on any atom is 0.295 e. The second-order valence-corrected chi connectivity index (χ2v) is 7.96. The second-order valence-electron chi connectivity index (χ2n) is 7.96. The number of ketones is 1. The Balaban J connectivity index is 1.80. The van der Waals surface area contributed by atoms with Crippen molar-refractivity contribution < 1.29 is 28.9 Å². The van der Waals surface area contributed by atoms with Crippen molar-refractivity contribution in [3.63, 3.8) is 0 Å². The first-order chi connectivity index (χ1) is 17.0. The number of hydrogen-bond acceptors (Lipinski definition) is 7. The molecule has 2 heterocycles. The van der Waals surface area contributed by atoms with Gasteiger partial charge >= 0.3 is 0 Å². The highest BCUT2D eigenvalue weighted by Crippen LogP contribution is 2.45. The molecule has 1 aromatic heterocycles. The molecular weight excluding hydrogens is 450 g/mol. The van der Waals surface area contributed by atoms with Gasteiger partial charge in [0, 0.05) is 36.6 Å². The molecule has 1 amide bonds. The number of carbonyl (C=O) groups is 2. The van der Waals surface area contributed by atoms with Crippen LogP contribution >= 0.6 is 0 Å². The number of para-hydroxylation sites is 1. The maximum absolute atomic E-state index is 13.3. The van der Waals surface area contributed by atoms with Crippen LogP contribution in [0.25, 0.3) is 5.76 Å². The van der Waals surface area contributed by atoms with Gasteiger partial charge in [-0.05, 0) is 36.8 Å². The Morgan fingerprint density at radius 3 is 2.40 bits per heavy atom. The van der Waals surface area contributed by atoms with Crippen molar-refractivity contribution in [2.75, 3.05) is 27.9 Å². The number of aliphatic hydroxyl groups excluding tert-OH is 1. The summed E-state index contributed by atoms with van der Waals surface area (Å²) < 4.78 is 18.1. The molecular formula is C26H27N3O6. The highest BCUT2D eigenvalue weighted by Gasteiger charge is 2.47. The molecule has 0 spiro atoms. The number of ether oxygens (including phenoxy) is 3. The first kappa shape index (κ1) is 23.9. The van der Waals surface area contributed by atoms with Crippen molar-refractivity contribution in [1.82, 2.24) is 14.5 Å². The van der Waals surface area contributed by atoms with Gasteiger partial charge in [-0.2, -0.15) is 0 Å². The third kappa shape index (κ3) is 4.57. The molecule has 1 atom stereocenters. The molecule has 3 aromatic rings. The summed E-state index contributed by atoms with van der Waals surface area (Å²) >= 11 is 0. The molecule has 0 unspecified atom stereocenters. The zero-order valence-corrected chi connectivity index (χ0v) is 19.8. The van der Waals surface area contributed by atoms with Crippen LogP contribution in [0, 0.1) is 0 Å². The fourth-order valence-corrected chi connectivity index (χ4v) is 4.31. The highest BCUT2D eigenvalue weighted by atomic mass is 16.5. The van der Waals surface area contributed by atoms with Crippen molar-refractivity contribution in [3.05, 3.63) is 77.9 Å².